The number of benzene rings is 2. The van der Waals surface area contributed by atoms with E-state index in [1.165, 1.54) is 11.6 Å². The molecule has 0 aliphatic carbocycles. The van der Waals surface area contributed by atoms with Crippen molar-refractivity contribution in [3.05, 3.63) is 92.8 Å². The van der Waals surface area contributed by atoms with Gasteiger partial charge in [-0.2, -0.15) is 0 Å². The first-order valence-electron chi connectivity index (χ1n) is 9.80. The van der Waals surface area contributed by atoms with Crippen LogP contribution < -0.4 is 0 Å². The summed E-state index contributed by atoms with van der Waals surface area (Å²) >= 11 is 0. The molecule has 3 aromatic rings. The Labute approximate surface area is 172 Å². The maximum absolute atomic E-state index is 11.3. The topological polar surface area (TPSA) is 59.3 Å². The van der Waals surface area contributed by atoms with Gasteiger partial charge in [0.15, 0.2) is 0 Å². The molecule has 0 aliphatic heterocycles. The lowest BCUT2D eigenvalue weighted by molar-refractivity contribution is -0.384. The molecule has 0 N–H and O–H groups in total. The Balaban J connectivity index is 1.91. The van der Waals surface area contributed by atoms with Crippen LogP contribution in [0.25, 0.3) is 11.1 Å². The van der Waals surface area contributed by atoms with Crippen LogP contribution >= 0.6 is 0 Å². The zero-order valence-corrected chi connectivity index (χ0v) is 17.5. The molecule has 0 aliphatic rings. The summed E-state index contributed by atoms with van der Waals surface area (Å²) in [5.74, 6) is 0. The Bertz CT molecular complexity index is 1020. The molecule has 0 atom stereocenters. The fourth-order valence-electron chi connectivity index (χ4n) is 3.74. The number of rotatable bonds is 7. The quantitative estimate of drug-likeness (QED) is 0.409. The number of nitro benzene ring substituents is 1. The van der Waals surface area contributed by atoms with E-state index in [2.05, 4.69) is 36.2 Å². The van der Waals surface area contributed by atoms with Crippen molar-refractivity contribution < 1.29 is 4.92 Å². The predicted octanol–water partition coefficient (Wildman–Crippen LogP) is 5.26. The van der Waals surface area contributed by atoms with E-state index in [4.69, 9.17) is 4.98 Å². The van der Waals surface area contributed by atoms with Crippen LogP contribution in [0.15, 0.2) is 54.6 Å². The molecule has 0 saturated heterocycles. The maximum atomic E-state index is 11.3. The lowest BCUT2D eigenvalue weighted by Crippen LogP contribution is -2.21. The molecule has 29 heavy (non-hydrogen) atoms. The van der Waals surface area contributed by atoms with Gasteiger partial charge >= 0.3 is 0 Å². The molecule has 3 rings (SSSR count). The zero-order valence-electron chi connectivity index (χ0n) is 17.5. The highest BCUT2D eigenvalue weighted by atomic mass is 16.6. The first-order valence-corrected chi connectivity index (χ1v) is 9.80. The zero-order chi connectivity index (χ0) is 21.0. The molecular formula is C24H27N3O2. The van der Waals surface area contributed by atoms with Crippen LogP contribution in [0.2, 0.25) is 0 Å². The molecule has 1 aromatic heterocycles. The first-order chi connectivity index (χ1) is 13.9. The molecule has 0 amide bonds. The number of aromatic nitrogens is 1. The van der Waals surface area contributed by atoms with Gasteiger partial charge in [-0.3, -0.25) is 15.1 Å². The summed E-state index contributed by atoms with van der Waals surface area (Å²) in [5, 5.41) is 11.3. The molecule has 2 aromatic carbocycles. The Kier molecular flexibility index (Phi) is 6.39. The third-order valence-electron chi connectivity index (χ3n) is 5.38. The second-order valence-corrected chi connectivity index (χ2v) is 7.54. The molecule has 0 spiro atoms. The van der Waals surface area contributed by atoms with Crippen LogP contribution in [-0.4, -0.2) is 28.4 Å². The number of hydrogen-bond acceptors (Lipinski definition) is 4. The minimum Gasteiger partial charge on any atom is -0.302 e. The van der Waals surface area contributed by atoms with Gasteiger partial charge in [-0.25, -0.2) is 0 Å². The Morgan fingerprint density at radius 2 is 1.72 bits per heavy atom. The number of pyridine rings is 1. The summed E-state index contributed by atoms with van der Waals surface area (Å²) in [6, 6.07) is 17.3. The monoisotopic (exact) mass is 389 g/mol. The number of aryl methyl sites for hydroxylation is 2. The van der Waals surface area contributed by atoms with E-state index >= 15 is 0 Å². The van der Waals surface area contributed by atoms with Crippen molar-refractivity contribution in [3.8, 4) is 11.1 Å². The Morgan fingerprint density at radius 1 is 1.00 bits per heavy atom. The average molecular weight is 389 g/mol. The van der Waals surface area contributed by atoms with Gasteiger partial charge < -0.3 is 4.90 Å². The second kappa shape index (κ2) is 8.97. The number of nitrogens with zero attached hydrogens (tertiary/aromatic N) is 3. The Hall–Kier alpha value is -3.05. The summed E-state index contributed by atoms with van der Waals surface area (Å²) in [6.07, 6.45) is 0.835. The Morgan fingerprint density at radius 3 is 2.41 bits per heavy atom. The van der Waals surface area contributed by atoms with Crippen molar-refractivity contribution in [2.24, 2.45) is 0 Å². The van der Waals surface area contributed by atoms with Gasteiger partial charge in [0.2, 0.25) is 0 Å². The van der Waals surface area contributed by atoms with Crippen molar-refractivity contribution in [3.63, 3.8) is 0 Å². The van der Waals surface area contributed by atoms with Crippen LogP contribution in [0.1, 0.15) is 28.1 Å². The summed E-state index contributed by atoms with van der Waals surface area (Å²) in [5.41, 5.74) is 7.54. The number of likely N-dealkylation sites (N-methyl/N-ethyl adjacent to an activating group) is 1. The molecule has 150 valence electrons. The van der Waals surface area contributed by atoms with Gasteiger partial charge in [-0.1, -0.05) is 42.5 Å². The van der Waals surface area contributed by atoms with Crippen molar-refractivity contribution in [1.82, 2.24) is 9.88 Å². The summed E-state index contributed by atoms with van der Waals surface area (Å²) in [4.78, 5) is 17.9. The third-order valence-corrected chi connectivity index (χ3v) is 5.38. The number of nitro groups is 1. The summed E-state index contributed by atoms with van der Waals surface area (Å²) < 4.78 is 0. The van der Waals surface area contributed by atoms with E-state index < -0.39 is 0 Å². The van der Waals surface area contributed by atoms with E-state index in [-0.39, 0.29) is 10.6 Å². The van der Waals surface area contributed by atoms with Crippen LogP contribution in [0.4, 0.5) is 5.69 Å². The van der Waals surface area contributed by atoms with Gasteiger partial charge in [0, 0.05) is 36.6 Å². The van der Waals surface area contributed by atoms with Gasteiger partial charge in [0.05, 0.1) is 4.92 Å². The van der Waals surface area contributed by atoms with E-state index in [1.807, 2.05) is 32.9 Å². The normalized spacial score (nSPS) is 11.1. The SMILES string of the molecule is Cc1nc(C)c(CCN(C)Cc2ccccc2)c(-c2cccc([N+](=O)[O-])c2)c1C. The van der Waals surface area contributed by atoms with Gasteiger partial charge in [0.1, 0.15) is 0 Å². The smallest absolute Gasteiger partial charge is 0.270 e. The van der Waals surface area contributed by atoms with Crippen molar-refractivity contribution in [2.45, 2.75) is 33.7 Å². The van der Waals surface area contributed by atoms with E-state index in [1.54, 1.807) is 12.1 Å². The highest BCUT2D eigenvalue weighted by molar-refractivity contribution is 5.74. The van der Waals surface area contributed by atoms with Gasteiger partial charge in [-0.15, -0.1) is 0 Å². The first kappa shape index (κ1) is 20.7. The highest BCUT2D eigenvalue weighted by Crippen LogP contribution is 2.33. The fourth-order valence-corrected chi connectivity index (χ4v) is 3.74. The summed E-state index contributed by atoms with van der Waals surface area (Å²) in [7, 11) is 2.11. The lowest BCUT2D eigenvalue weighted by atomic mass is 9.91. The van der Waals surface area contributed by atoms with Crippen molar-refractivity contribution in [1.29, 1.82) is 0 Å². The lowest BCUT2D eigenvalue weighted by Gasteiger charge is -2.21. The maximum Gasteiger partial charge on any atom is 0.270 e. The molecule has 0 fully saturated rings. The standard InChI is InChI=1S/C24H27N3O2/c1-17-18(2)25-19(3)23(13-14-26(4)16-20-9-6-5-7-10-20)24(17)21-11-8-12-22(15-21)27(28)29/h5-12,15H,13-14,16H2,1-4H3. The van der Waals surface area contributed by atoms with Crippen LogP contribution in [-0.2, 0) is 13.0 Å². The molecule has 0 saturated carbocycles. The number of hydrogen-bond donors (Lipinski definition) is 0. The minimum atomic E-state index is -0.340. The molecular weight excluding hydrogens is 362 g/mol. The summed E-state index contributed by atoms with van der Waals surface area (Å²) in [6.45, 7) is 7.83. The van der Waals surface area contributed by atoms with Crippen LogP contribution in [0, 0.1) is 30.9 Å². The molecule has 1 heterocycles. The molecule has 0 unspecified atom stereocenters. The van der Waals surface area contributed by atoms with Crippen LogP contribution in [0.3, 0.4) is 0 Å². The third kappa shape index (κ3) is 4.87. The molecule has 5 heteroatoms. The van der Waals surface area contributed by atoms with E-state index in [9.17, 15) is 10.1 Å². The minimum absolute atomic E-state index is 0.112. The van der Waals surface area contributed by atoms with Gasteiger partial charge in [-0.05, 0) is 62.1 Å². The van der Waals surface area contributed by atoms with Gasteiger partial charge in [0.25, 0.3) is 5.69 Å². The molecule has 0 bridgehead atoms. The fraction of sp³-hybridized carbons (Fsp3) is 0.292. The number of non-ortho nitro benzene ring substituents is 1. The average Bonchev–Trinajstić information content (AvgIpc) is 2.70. The van der Waals surface area contributed by atoms with Crippen molar-refractivity contribution in [2.75, 3.05) is 13.6 Å². The second-order valence-electron chi connectivity index (χ2n) is 7.54. The highest BCUT2D eigenvalue weighted by Gasteiger charge is 2.17. The molecule has 0 radical (unpaired) electrons. The largest absolute Gasteiger partial charge is 0.302 e. The van der Waals surface area contributed by atoms with Crippen molar-refractivity contribution >= 4 is 5.69 Å². The van der Waals surface area contributed by atoms with E-state index in [0.29, 0.717) is 0 Å². The van der Waals surface area contributed by atoms with Crippen LogP contribution in [0.5, 0.6) is 0 Å². The predicted molar refractivity (Wildman–Crippen MR) is 117 cm³/mol. The molecule has 5 nitrogen and oxygen atoms in total. The van der Waals surface area contributed by atoms with E-state index in [0.717, 1.165) is 53.2 Å².